The van der Waals surface area contributed by atoms with Gasteiger partial charge in [-0.1, -0.05) is 42.5 Å². The number of imidazole rings is 1. The molecule has 0 fully saturated rings. The number of para-hydroxylation sites is 3. The fourth-order valence-corrected chi connectivity index (χ4v) is 5.32. The number of carbonyl (C=O) groups is 1. The maximum Gasteiger partial charge on any atom is 0.209 e. The number of fused-ring (bicyclic) bond motifs is 3. The number of carbonyl (C=O) groups excluding carboxylic acids is 1. The molecular formula is C28H25N3O3. The molecule has 4 aromatic rings. The summed E-state index contributed by atoms with van der Waals surface area (Å²) in [5, 5.41) is 3.52. The van der Waals surface area contributed by atoms with Gasteiger partial charge in [-0.05, 0) is 48.2 Å². The van der Waals surface area contributed by atoms with Gasteiger partial charge in [-0.2, -0.15) is 0 Å². The molecule has 6 nitrogen and oxygen atoms in total. The molecule has 0 unspecified atom stereocenters. The summed E-state index contributed by atoms with van der Waals surface area (Å²) in [7, 11) is 3.33. The molecule has 1 aliphatic heterocycles. The quantitative estimate of drug-likeness (QED) is 0.446. The molecule has 0 saturated carbocycles. The SMILES string of the molecule is COc1ccc([C@H]2CC(=O)C3=C(C2)Nc2nc4ccccc4n2[C@@H]3c2ccccc2OC)cc1. The van der Waals surface area contributed by atoms with Crippen LogP contribution >= 0.6 is 0 Å². The second kappa shape index (κ2) is 8.06. The van der Waals surface area contributed by atoms with E-state index in [0.717, 1.165) is 57.3 Å². The Morgan fingerprint density at radius 2 is 1.68 bits per heavy atom. The largest absolute Gasteiger partial charge is 0.497 e. The van der Waals surface area contributed by atoms with E-state index in [4.69, 9.17) is 14.5 Å². The average molecular weight is 452 g/mol. The molecule has 1 N–H and O–H groups in total. The topological polar surface area (TPSA) is 65.4 Å². The maximum atomic E-state index is 13.8. The molecule has 1 aromatic heterocycles. The Balaban J connectivity index is 1.51. The predicted molar refractivity (Wildman–Crippen MR) is 131 cm³/mol. The summed E-state index contributed by atoms with van der Waals surface area (Å²) >= 11 is 0. The molecule has 2 aliphatic rings. The average Bonchev–Trinajstić information content (AvgIpc) is 3.25. The number of ether oxygens (including phenoxy) is 2. The van der Waals surface area contributed by atoms with Gasteiger partial charge in [-0.3, -0.25) is 9.36 Å². The van der Waals surface area contributed by atoms with Crippen molar-refractivity contribution in [3.8, 4) is 11.5 Å². The third kappa shape index (κ3) is 3.17. The van der Waals surface area contributed by atoms with E-state index in [9.17, 15) is 4.79 Å². The molecule has 2 atom stereocenters. The number of nitrogens with zero attached hydrogens (tertiary/aromatic N) is 2. The highest BCUT2D eigenvalue weighted by atomic mass is 16.5. The van der Waals surface area contributed by atoms with Gasteiger partial charge in [0, 0.05) is 23.3 Å². The molecule has 6 heteroatoms. The number of nitrogens with one attached hydrogen (secondary N) is 1. The smallest absolute Gasteiger partial charge is 0.209 e. The first kappa shape index (κ1) is 20.5. The van der Waals surface area contributed by atoms with Crippen molar-refractivity contribution in [2.45, 2.75) is 24.8 Å². The zero-order valence-corrected chi connectivity index (χ0v) is 19.1. The Morgan fingerprint density at radius 1 is 0.912 bits per heavy atom. The van der Waals surface area contributed by atoms with Crippen LogP contribution in [-0.4, -0.2) is 29.6 Å². The minimum atomic E-state index is -0.306. The highest BCUT2D eigenvalue weighted by Crippen LogP contribution is 2.47. The van der Waals surface area contributed by atoms with E-state index >= 15 is 0 Å². The van der Waals surface area contributed by atoms with Crippen molar-refractivity contribution in [1.82, 2.24) is 9.55 Å². The number of allylic oxidation sites excluding steroid dienone is 2. The summed E-state index contributed by atoms with van der Waals surface area (Å²) < 4.78 is 13.2. The number of ketones is 1. The number of Topliss-reactive ketones (excluding diaryl/α,β-unsaturated/α-hetero) is 1. The highest BCUT2D eigenvalue weighted by Gasteiger charge is 2.40. The number of anilines is 1. The molecule has 0 spiro atoms. The molecule has 0 radical (unpaired) electrons. The molecule has 0 bridgehead atoms. The first-order valence-electron chi connectivity index (χ1n) is 11.4. The van der Waals surface area contributed by atoms with Crippen molar-refractivity contribution < 1.29 is 14.3 Å². The standard InChI is InChI=1S/C28H25N3O3/c1-33-19-13-11-17(12-14-19)18-15-22-26(24(32)16-18)27(20-7-3-6-10-25(20)34-2)31-23-9-5-4-8-21(23)29-28(31)30-22/h3-14,18,27H,15-16H2,1-2H3,(H,29,30)/t18-,27-/m1/s1. The van der Waals surface area contributed by atoms with Gasteiger partial charge in [0.05, 0.1) is 31.3 Å². The van der Waals surface area contributed by atoms with Gasteiger partial charge in [0.25, 0.3) is 0 Å². The number of aromatic nitrogens is 2. The van der Waals surface area contributed by atoms with Crippen molar-refractivity contribution in [3.05, 3.63) is 95.2 Å². The number of rotatable bonds is 4. The van der Waals surface area contributed by atoms with Gasteiger partial charge in [-0.15, -0.1) is 0 Å². The normalized spacial score (nSPS) is 19.4. The molecule has 170 valence electrons. The van der Waals surface area contributed by atoms with Crippen molar-refractivity contribution in [2.75, 3.05) is 19.5 Å². The van der Waals surface area contributed by atoms with Crippen LogP contribution in [0.3, 0.4) is 0 Å². The van der Waals surface area contributed by atoms with Gasteiger partial charge in [0.15, 0.2) is 5.78 Å². The third-order valence-electron chi connectivity index (χ3n) is 6.92. The van der Waals surface area contributed by atoms with Crippen LogP contribution in [0, 0.1) is 0 Å². The molecular weight excluding hydrogens is 426 g/mol. The summed E-state index contributed by atoms with van der Waals surface area (Å²) in [4.78, 5) is 18.7. The zero-order chi connectivity index (χ0) is 23.2. The summed E-state index contributed by atoms with van der Waals surface area (Å²) in [5.41, 5.74) is 5.71. The first-order valence-corrected chi connectivity index (χ1v) is 11.4. The number of hydrogen-bond acceptors (Lipinski definition) is 5. The van der Waals surface area contributed by atoms with Crippen LogP contribution in [0.5, 0.6) is 11.5 Å². The number of hydrogen-bond donors (Lipinski definition) is 1. The van der Waals surface area contributed by atoms with Crippen LogP contribution in [0.4, 0.5) is 5.95 Å². The van der Waals surface area contributed by atoms with E-state index in [1.807, 2.05) is 54.6 Å². The minimum Gasteiger partial charge on any atom is -0.497 e. The summed E-state index contributed by atoms with van der Waals surface area (Å²) in [6.07, 6.45) is 1.20. The Labute approximate surface area is 197 Å². The lowest BCUT2D eigenvalue weighted by Crippen LogP contribution is -2.33. The Morgan fingerprint density at radius 3 is 2.47 bits per heavy atom. The fraction of sp³-hybridized carbons (Fsp3) is 0.214. The van der Waals surface area contributed by atoms with E-state index in [2.05, 4.69) is 28.1 Å². The van der Waals surface area contributed by atoms with Crippen molar-refractivity contribution in [2.24, 2.45) is 0 Å². The van der Waals surface area contributed by atoms with E-state index in [0.29, 0.717) is 6.42 Å². The summed E-state index contributed by atoms with van der Waals surface area (Å²) in [6, 6.07) is 23.7. The fourth-order valence-electron chi connectivity index (χ4n) is 5.32. The molecule has 2 heterocycles. The lowest BCUT2D eigenvalue weighted by atomic mass is 9.77. The Hall–Kier alpha value is -4.06. The number of methoxy groups -OCH3 is 2. The monoisotopic (exact) mass is 451 g/mol. The Kier molecular flexibility index (Phi) is 4.87. The van der Waals surface area contributed by atoms with Gasteiger partial charge >= 0.3 is 0 Å². The maximum absolute atomic E-state index is 13.8. The zero-order valence-electron chi connectivity index (χ0n) is 19.1. The predicted octanol–water partition coefficient (Wildman–Crippen LogP) is 5.47. The molecule has 6 rings (SSSR count). The molecule has 34 heavy (non-hydrogen) atoms. The van der Waals surface area contributed by atoms with Crippen LogP contribution in [0.1, 0.15) is 35.9 Å². The lowest BCUT2D eigenvalue weighted by Gasteiger charge is -2.36. The number of benzene rings is 3. The van der Waals surface area contributed by atoms with Gasteiger partial charge in [0.2, 0.25) is 5.95 Å². The lowest BCUT2D eigenvalue weighted by molar-refractivity contribution is -0.116. The van der Waals surface area contributed by atoms with Gasteiger partial charge in [0.1, 0.15) is 11.5 Å². The summed E-state index contributed by atoms with van der Waals surface area (Å²) in [5.74, 6) is 2.56. The van der Waals surface area contributed by atoms with Crippen LogP contribution in [0.15, 0.2) is 84.1 Å². The second-order valence-corrected chi connectivity index (χ2v) is 8.76. The van der Waals surface area contributed by atoms with Crippen molar-refractivity contribution in [1.29, 1.82) is 0 Å². The molecule has 3 aromatic carbocycles. The van der Waals surface area contributed by atoms with E-state index in [1.165, 1.54) is 0 Å². The van der Waals surface area contributed by atoms with E-state index in [1.54, 1.807) is 14.2 Å². The van der Waals surface area contributed by atoms with Crippen LogP contribution in [0.2, 0.25) is 0 Å². The highest BCUT2D eigenvalue weighted by molar-refractivity contribution is 6.01. The van der Waals surface area contributed by atoms with Crippen molar-refractivity contribution in [3.63, 3.8) is 0 Å². The molecule has 0 saturated heterocycles. The van der Waals surface area contributed by atoms with Crippen LogP contribution in [-0.2, 0) is 4.79 Å². The van der Waals surface area contributed by atoms with Crippen LogP contribution < -0.4 is 14.8 Å². The molecule has 0 amide bonds. The second-order valence-electron chi connectivity index (χ2n) is 8.76. The van der Waals surface area contributed by atoms with Crippen molar-refractivity contribution >= 4 is 22.8 Å². The molecule has 1 aliphatic carbocycles. The van der Waals surface area contributed by atoms with E-state index < -0.39 is 0 Å². The summed E-state index contributed by atoms with van der Waals surface area (Å²) in [6.45, 7) is 0. The first-order chi connectivity index (χ1) is 16.7. The van der Waals surface area contributed by atoms with Gasteiger partial charge < -0.3 is 14.8 Å². The van der Waals surface area contributed by atoms with E-state index in [-0.39, 0.29) is 17.7 Å². The van der Waals surface area contributed by atoms with Gasteiger partial charge in [-0.25, -0.2) is 4.98 Å². The minimum absolute atomic E-state index is 0.0962. The Bertz CT molecular complexity index is 1440. The van der Waals surface area contributed by atoms with Crippen LogP contribution in [0.25, 0.3) is 11.0 Å². The third-order valence-corrected chi connectivity index (χ3v) is 6.92.